The van der Waals surface area contributed by atoms with Crippen LogP contribution in [0.1, 0.15) is 10.4 Å². The van der Waals surface area contributed by atoms with Gasteiger partial charge in [-0.05, 0) is 12.1 Å². The molecular formula is C12H18N2O4. The van der Waals surface area contributed by atoms with Crippen LogP contribution in [0.2, 0.25) is 0 Å². The van der Waals surface area contributed by atoms with Crippen molar-refractivity contribution in [1.29, 1.82) is 0 Å². The number of nitrogens with two attached hydrogens (primary N) is 1. The first kappa shape index (κ1) is 14.3. The van der Waals surface area contributed by atoms with Gasteiger partial charge in [0.2, 0.25) is 0 Å². The number of anilines is 1. The van der Waals surface area contributed by atoms with Gasteiger partial charge in [-0.1, -0.05) is 0 Å². The molecule has 1 aromatic carbocycles. The third-order valence-corrected chi connectivity index (χ3v) is 2.35. The Hall–Kier alpha value is -1.79. The summed E-state index contributed by atoms with van der Waals surface area (Å²) in [6.07, 6.45) is 0. The van der Waals surface area contributed by atoms with E-state index in [2.05, 4.69) is 5.32 Å². The smallest absolute Gasteiger partial charge is 0.251 e. The van der Waals surface area contributed by atoms with Gasteiger partial charge in [-0.2, -0.15) is 0 Å². The van der Waals surface area contributed by atoms with E-state index in [0.717, 1.165) is 0 Å². The van der Waals surface area contributed by atoms with Crippen molar-refractivity contribution >= 4 is 11.6 Å². The molecule has 0 aliphatic heterocycles. The van der Waals surface area contributed by atoms with Crippen molar-refractivity contribution in [3.05, 3.63) is 23.8 Å². The number of ether oxygens (including phenoxy) is 2. The normalized spacial score (nSPS) is 11.9. The fourth-order valence-corrected chi connectivity index (χ4v) is 1.48. The first-order valence-corrected chi connectivity index (χ1v) is 5.46. The lowest BCUT2D eigenvalue weighted by molar-refractivity contribution is 0.0839. The number of amides is 1. The highest BCUT2D eigenvalue weighted by molar-refractivity contribution is 5.95. The Balaban J connectivity index is 2.79. The molecule has 0 spiro atoms. The summed E-state index contributed by atoms with van der Waals surface area (Å²) in [5.74, 6) is 0.170. The van der Waals surface area contributed by atoms with Gasteiger partial charge in [0.05, 0.1) is 26.4 Å². The Morgan fingerprint density at radius 1 is 1.44 bits per heavy atom. The largest absolute Gasteiger partial charge is 0.497 e. The van der Waals surface area contributed by atoms with E-state index in [1.54, 1.807) is 18.2 Å². The van der Waals surface area contributed by atoms with Crippen molar-refractivity contribution in [3.8, 4) is 5.75 Å². The Labute approximate surface area is 106 Å². The van der Waals surface area contributed by atoms with Crippen molar-refractivity contribution in [1.82, 2.24) is 5.32 Å². The fourth-order valence-electron chi connectivity index (χ4n) is 1.48. The summed E-state index contributed by atoms with van der Waals surface area (Å²) in [6, 6.07) is 4.29. The second-order valence-electron chi connectivity index (χ2n) is 3.80. The zero-order chi connectivity index (χ0) is 13.5. The minimum atomic E-state index is -0.449. The molecule has 0 fully saturated rings. The van der Waals surface area contributed by atoms with Gasteiger partial charge in [0.15, 0.2) is 0 Å². The lowest BCUT2D eigenvalue weighted by Crippen LogP contribution is -2.40. The van der Waals surface area contributed by atoms with E-state index in [1.807, 2.05) is 0 Å². The van der Waals surface area contributed by atoms with Crippen LogP contribution in [0.25, 0.3) is 0 Å². The fraction of sp³-hybridized carbons (Fsp3) is 0.417. The molecule has 0 saturated carbocycles. The average molecular weight is 254 g/mol. The maximum atomic E-state index is 11.9. The highest BCUT2D eigenvalue weighted by atomic mass is 16.5. The molecule has 6 nitrogen and oxygen atoms in total. The Morgan fingerprint density at radius 2 is 2.17 bits per heavy atom. The quantitative estimate of drug-likeness (QED) is 0.622. The average Bonchev–Trinajstić information content (AvgIpc) is 2.37. The van der Waals surface area contributed by atoms with Gasteiger partial charge >= 0.3 is 0 Å². The number of aliphatic hydroxyl groups is 1. The summed E-state index contributed by atoms with van der Waals surface area (Å²) in [5, 5.41) is 11.7. The first-order valence-electron chi connectivity index (χ1n) is 5.46. The summed E-state index contributed by atoms with van der Waals surface area (Å²) in [7, 11) is 3.00. The molecule has 1 unspecified atom stereocenters. The molecule has 0 saturated heterocycles. The van der Waals surface area contributed by atoms with E-state index >= 15 is 0 Å². The van der Waals surface area contributed by atoms with Crippen LogP contribution >= 0.6 is 0 Å². The van der Waals surface area contributed by atoms with Gasteiger partial charge in [-0.25, -0.2) is 0 Å². The monoisotopic (exact) mass is 254 g/mol. The van der Waals surface area contributed by atoms with Crippen molar-refractivity contribution in [3.63, 3.8) is 0 Å². The van der Waals surface area contributed by atoms with Gasteiger partial charge in [-0.3, -0.25) is 4.79 Å². The molecule has 0 aliphatic carbocycles. The summed E-state index contributed by atoms with van der Waals surface area (Å²) in [6.45, 7) is 0.0424. The van der Waals surface area contributed by atoms with Crippen LogP contribution in [0.15, 0.2) is 18.2 Å². The number of hydrogen-bond donors (Lipinski definition) is 3. The Kier molecular flexibility index (Phi) is 5.41. The van der Waals surface area contributed by atoms with E-state index in [-0.39, 0.29) is 19.1 Å². The molecule has 1 atom stereocenters. The van der Waals surface area contributed by atoms with Gasteiger partial charge in [0.1, 0.15) is 5.75 Å². The highest BCUT2D eigenvalue weighted by Crippen LogP contribution is 2.18. The maximum Gasteiger partial charge on any atom is 0.251 e. The topological polar surface area (TPSA) is 93.8 Å². The lowest BCUT2D eigenvalue weighted by atomic mass is 10.1. The number of hydrogen-bond acceptors (Lipinski definition) is 5. The number of nitrogens with one attached hydrogen (secondary N) is 1. The third kappa shape index (κ3) is 3.90. The predicted octanol–water partition coefficient (Wildman–Crippen LogP) is 0.0145. The van der Waals surface area contributed by atoms with Crippen molar-refractivity contribution in [2.45, 2.75) is 6.04 Å². The molecule has 0 aliphatic rings. The first-order chi connectivity index (χ1) is 8.60. The van der Waals surface area contributed by atoms with Crippen molar-refractivity contribution < 1.29 is 19.4 Å². The number of methoxy groups -OCH3 is 2. The van der Waals surface area contributed by atoms with Crippen LogP contribution in [0.3, 0.4) is 0 Å². The molecule has 1 rings (SSSR count). The molecule has 4 N–H and O–H groups in total. The number of benzene rings is 1. The summed E-state index contributed by atoms with van der Waals surface area (Å²) in [4.78, 5) is 11.9. The molecule has 18 heavy (non-hydrogen) atoms. The van der Waals surface area contributed by atoms with E-state index in [4.69, 9.17) is 20.3 Å². The van der Waals surface area contributed by atoms with E-state index in [9.17, 15) is 4.79 Å². The molecule has 0 radical (unpaired) electrons. The molecular weight excluding hydrogens is 236 g/mol. The maximum absolute atomic E-state index is 11.9. The minimum Gasteiger partial charge on any atom is -0.497 e. The van der Waals surface area contributed by atoms with Crippen molar-refractivity contribution in [2.24, 2.45) is 0 Å². The van der Waals surface area contributed by atoms with Crippen LogP contribution in [-0.4, -0.2) is 44.5 Å². The molecule has 1 aromatic rings. The SMILES string of the molecule is COCC(CO)NC(=O)c1cc(N)cc(OC)c1. The third-order valence-electron chi connectivity index (χ3n) is 2.35. The summed E-state index contributed by atoms with van der Waals surface area (Å²) in [5.41, 5.74) is 6.47. The van der Waals surface area contributed by atoms with Crippen LogP contribution in [0.5, 0.6) is 5.75 Å². The Morgan fingerprint density at radius 3 is 2.72 bits per heavy atom. The number of nitrogen functional groups attached to an aromatic ring is 1. The minimum absolute atomic E-state index is 0.195. The number of aliphatic hydroxyl groups excluding tert-OH is 1. The van der Waals surface area contributed by atoms with Gasteiger partial charge in [0, 0.05) is 24.4 Å². The molecule has 0 heterocycles. The lowest BCUT2D eigenvalue weighted by Gasteiger charge is -2.15. The molecule has 6 heteroatoms. The van der Waals surface area contributed by atoms with Crippen molar-refractivity contribution in [2.75, 3.05) is 33.2 Å². The highest BCUT2D eigenvalue weighted by Gasteiger charge is 2.14. The second kappa shape index (κ2) is 6.83. The molecule has 0 bridgehead atoms. The Bertz CT molecular complexity index is 409. The van der Waals surface area contributed by atoms with Gasteiger partial charge in [-0.15, -0.1) is 0 Å². The second-order valence-corrected chi connectivity index (χ2v) is 3.80. The molecule has 1 amide bonds. The van der Waals surface area contributed by atoms with Crippen LogP contribution in [-0.2, 0) is 4.74 Å². The van der Waals surface area contributed by atoms with Crippen LogP contribution < -0.4 is 15.8 Å². The number of carbonyl (C=O) groups is 1. The zero-order valence-corrected chi connectivity index (χ0v) is 10.5. The summed E-state index contributed by atoms with van der Waals surface area (Å²) >= 11 is 0. The number of carbonyl (C=O) groups excluding carboxylic acids is 1. The van der Waals surface area contributed by atoms with E-state index in [1.165, 1.54) is 14.2 Å². The van der Waals surface area contributed by atoms with Gasteiger partial charge in [0.25, 0.3) is 5.91 Å². The van der Waals surface area contributed by atoms with Crippen LogP contribution in [0, 0.1) is 0 Å². The summed E-state index contributed by atoms with van der Waals surface area (Å²) < 4.78 is 9.91. The van der Waals surface area contributed by atoms with Crippen LogP contribution in [0.4, 0.5) is 5.69 Å². The zero-order valence-electron chi connectivity index (χ0n) is 10.5. The molecule has 0 aromatic heterocycles. The standard InChI is InChI=1S/C12H18N2O4/c1-17-7-10(6-15)14-12(16)8-3-9(13)5-11(4-8)18-2/h3-5,10,15H,6-7,13H2,1-2H3,(H,14,16). The van der Waals surface area contributed by atoms with E-state index < -0.39 is 6.04 Å². The van der Waals surface area contributed by atoms with Gasteiger partial charge < -0.3 is 25.6 Å². The number of rotatable bonds is 6. The van der Waals surface area contributed by atoms with E-state index in [0.29, 0.717) is 17.0 Å². The predicted molar refractivity (Wildman–Crippen MR) is 67.6 cm³/mol. The molecule has 100 valence electrons.